The van der Waals surface area contributed by atoms with Crippen LogP contribution in [0.25, 0.3) is 0 Å². The van der Waals surface area contributed by atoms with Gasteiger partial charge in [0.1, 0.15) is 5.78 Å². The van der Waals surface area contributed by atoms with Crippen molar-refractivity contribution < 1.29 is 23.9 Å². The number of ether oxygens (including phenoxy) is 2. The average molecular weight is 216 g/mol. The normalized spacial score (nSPS) is 11.7. The predicted molar refractivity (Wildman–Crippen MR) is 52.1 cm³/mol. The molecule has 0 aromatic heterocycles. The topological polar surface area (TPSA) is 69.7 Å². The maximum Gasteiger partial charge on any atom is 0.308 e. The quantitative estimate of drug-likeness (QED) is 0.611. The zero-order chi connectivity index (χ0) is 11.8. The number of carbonyl (C=O) groups excluding carboxylic acids is 3. The van der Waals surface area contributed by atoms with Crippen LogP contribution in [0.5, 0.6) is 0 Å². The fraction of sp³-hybridized carbons (Fsp3) is 0.700. The summed E-state index contributed by atoms with van der Waals surface area (Å²) in [6.07, 6.45) is 0.265. The maximum atomic E-state index is 11.3. The second-order valence-electron chi connectivity index (χ2n) is 3.24. The number of ketones is 1. The third-order valence-electron chi connectivity index (χ3n) is 1.97. The van der Waals surface area contributed by atoms with Crippen molar-refractivity contribution in [2.45, 2.75) is 26.2 Å². The summed E-state index contributed by atoms with van der Waals surface area (Å²) in [4.78, 5) is 33.0. The molecule has 0 spiro atoms. The number of methoxy groups -OCH3 is 2. The molecular weight excluding hydrogens is 200 g/mol. The van der Waals surface area contributed by atoms with Gasteiger partial charge in [-0.3, -0.25) is 14.4 Å². The summed E-state index contributed by atoms with van der Waals surface area (Å²) in [5.74, 6) is -1.44. The Labute approximate surface area is 88.7 Å². The fourth-order valence-corrected chi connectivity index (χ4v) is 1.07. The molecule has 0 heterocycles. The molecule has 1 unspecified atom stereocenters. The van der Waals surface area contributed by atoms with Crippen LogP contribution in [0.3, 0.4) is 0 Å². The SMILES string of the molecule is COC(=O)CCC(=O)CC(C)C(=O)OC. The number of Topliss-reactive ketones (excluding diaryl/α,β-unsaturated/α-hetero) is 1. The Kier molecular flexibility index (Phi) is 6.33. The molecule has 0 saturated heterocycles. The van der Waals surface area contributed by atoms with E-state index in [2.05, 4.69) is 9.47 Å². The van der Waals surface area contributed by atoms with Gasteiger partial charge in [-0.2, -0.15) is 0 Å². The third kappa shape index (κ3) is 5.83. The number of rotatable bonds is 6. The van der Waals surface area contributed by atoms with Crippen LogP contribution in [-0.2, 0) is 23.9 Å². The molecular formula is C10H16O5. The molecule has 86 valence electrons. The molecule has 0 radical (unpaired) electrons. The van der Waals surface area contributed by atoms with Crippen LogP contribution in [0.15, 0.2) is 0 Å². The molecule has 15 heavy (non-hydrogen) atoms. The van der Waals surface area contributed by atoms with E-state index in [1.807, 2.05) is 0 Å². The van der Waals surface area contributed by atoms with Crippen LogP contribution < -0.4 is 0 Å². The minimum atomic E-state index is -0.458. The molecule has 0 amide bonds. The first kappa shape index (κ1) is 13.6. The Hall–Kier alpha value is -1.39. The number of esters is 2. The monoisotopic (exact) mass is 216 g/mol. The minimum absolute atomic E-state index is 0.0588. The van der Waals surface area contributed by atoms with E-state index in [1.54, 1.807) is 6.92 Å². The van der Waals surface area contributed by atoms with Gasteiger partial charge in [0.15, 0.2) is 0 Å². The van der Waals surface area contributed by atoms with Crippen LogP contribution in [0.1, 0.15) is 26.2 Å². The standard InChI is InChI=1S/C10H16O5/c1-7(10(13)15-3)6-8(11)4-5-9(12)14-2/h7H,4-6H2,1-3H3. The van der Waals surface area contributed by atoms with E-state index in [1.165, 1.54) is 14.2 Å². The first-order chi connectivity index (χ1) is 7.01. The Morgan fingerprint density at radius 1 is 1.07 bits per heavy atom. The van der Waals surface area contributed by atoms with Crippen molar-refractivity contribution in [2.75, 3.05) is 14.2 Å². The number of hydrogen-bond acceptors (Lipinski definition) is 5. The molecule has 0 rings (SSSR count). The zero-order valence-corrected chi connectivity index (χ0v) is 9.24. The highest BCUT2D eigenvalue weighted by atomic mass is 16.5. The molecule has 5 heteroatoms. The highest BCUT2D eigenvalue weighted by molar-refractivity contribution is 5.86. The molecule has 0 bridgehead atoms. The Morgan fingerprint density at radius 3 is 2.13 bits per heavy atom. The summed E-state index contributed by atoms with van der Waals surface area (Å²) in [6, 6.07) is 0. The molecule has 1 atom stereocenters. The molecule has 5 nitrogen and oxygen atoms in total. The van der Waals surface area contributed by atoms with E-state index in [4.69, 9.17) is 0 Å². The van der Waals surface area contributed by atoms with Crippen molar-refractivity contribution in [1.29, 1.82) is 0 Å². The molecule has 0 aliphatic rings. The van der Waals surface area contributed by atoms with Crippen LogP contribution in [-0.4, -0.2) is 31.9 Å². The Bertz CT molecular complexity index is 246. The van der Waals surface area contributed by atoms with E-state index in [0.717, 1.165) is 0 Å². The lowest BCUT2D eigenvalue weighted by atomic mass is 10.0. The van der Waals surface area contributed by atoms with Gasteiger partial charge in [-0.15, -0.1) is 0 Å². The molecule has 0 saturated carbocycles. The summed E-state index contributed by atoms with van der Waals surface area (Å²) in [7, 11) is 2.54. The van der Waals surface area contributed by atoms with Crippen molar-refractivity contribution in [2.24, 2.45) is 5.92 Å². The first-order valence-corrected chi connectivity index (χ1v) is 4.67. The molecule has 0 aliphatic heterocycles. The van der Waals surface area contributed by atoms with E-state index in [0.29, 0.717) is 0 Å². The van der Waals surface area contributed by atoms with Crippen LogP contribution in [0, 0.1) is 5.92 Å². The van der Waals surface area contributed by atoms with Crippen molar-refractivity contribution in [1.82, 2.24) is 0 Å². The van der Waals surface area contributed by atoms with E-state index < -0.39 is 17.9 Å². The van der Waals surface area contributed by atoms with Crippen molar-refractivity contribution >= 4 is 17.7 Å². The largest absolute Gasteiger partial charge is 0.469 e. The first-order valence-electron chi connectivity index (χ1n) is 4.67. The smallest absolute Gasteiger partial charge is 0.308 e. The van der Waals surface area contributed by atoms with Gasteiger partial charge in [-0.05, 0) is 0 Å². The number of hydrogen-bond donors (Lipinski definition) is 0. The van der Waals surface area contributed by atoms with Crippen LogP contribution in [0.4, 0.5) is 0 Å². The lowest BCUT2D eigenvalue weighted by Crippen LogP contribution is -2.17. The highest BCUT2D eigenvalue weighted by Crippen LogP contribution is 2.08. The molecule has 0 aromatic carbocycles. The zero-order valence-electron chi connectivity index (χ0n) is 9.24. The van der Waals surface area contributed by atoms with Crippen molar-refractivity contribution in [3.63, 3.8) is 0 Å². The van der Waals surface area contributed by atoms with Crippen LogP contribution in [0.2, 0.25) is 0 Å². The second kappa shape index (κ2) is 6.98. The summed E-state index contributed by atoms with van der Waals surface area (Å²) in [5, 5.41) is 0. The molecule has 0 N–H and O–H groups in total. The summed E-state index contributed by atoms with van der Waals surface area (Å²) in [6.45, 7) is 1.61. The van der Waals surface area contributed by atoms with Gasteiger partial charge < -0.3 is 9.47 Å². The van der Waals surface area contributed by atoms with Crippen LogP contribution >= 0.6 is 0 Å². The average Bonchev–Trinajstić information content (AvgIpc) is 2.24. The predicted octanol–water partition coefficient (Wildman–Crippen LogP) is 0.708. The minimum Gasteiger partial charge on any atom is -0.469 e. The molecule has 0 fully saturated rings. The van der Waals surface area contributed by atoms with E-state index >= 15 is 0 Å². The number of carbonyl (C=O) groups is 3. The Balaban J connectivity index is 3.83. The van der Waals surface area contributed by atoms with E-state index in [9.17, 15) is 14.4 Å². The lowest BCUT2D eigenvalue weighted by molar-refractivity contribution is -0.146. The third-order valence-corrected chi connectivity index (χ3v) is 1.97. The van der Waals surface area contributed by atoms with Crippen molar-refractivity contribution in [3.05, 3.63) is 0 Å². The maximum absolute atomic E-state index is 11.3. The van der Waals surface area contributed by atoms with Gasteiger partial charge in [0.25, 0.3) is 0 Å². The van der Waals surface area contributed by atoms with E-state index in [-0.39, 0.29) is 25.0 Å². The summed E-state index contributed by atoms with van der Waals surface area (Å²) >= 11 is 0. The summed E-state index contributed by atoms with van der Waals surface area (Å²) in [5.41, 5.74) is 0. The van der Waals surface area contributed by atoms with Gasteiger partial charge in [0, 0.05) is 12.8 Å². The van der Waals surface area contributed by atoms with Crippen molar-refractivity contribution in [3.8, 4) is 0 Å². The Morgan fingerprint density at radius 2 is 1.67 bits per heavy atom. The molecule has 0 aromatic rings. The second-order valence-corrected chi connectivity index (χ2v) is 3.24. The molecule has 0 aliphatic carbocycles. The fourth-order valence-electron chi connectivity index (χ4n) is 1.07. The summed E-state index contributed by atoms with van der Waals surface area (Å²) < 4.78 is 8.87. The van der Waals surface area contributed by atoms with Gasteiger partial charge in [-0.25, -0.2) is 0 Å². The van der Waals surface area contributed by atoms with Gasteiger partial charge in [0.2, 0.25) is 0 Å². The van der Waals surface area contributed by atoms with Gasteiger partial charge >= 0.3 is 11.9 Å². The van der Waals surface area contributed by atoms with Gasteiger partial charge in [-0.1, -0.05) is 6.92 Å². The highest BCUT2D eigenvalue weighted by Gasteiger charge is 2.17. The lowest BCUT2D eigenvalue weighted by Gasteiger charge is -2.07. The van der Waals surface area contributed by atoms with Gasteiger partial charge in [0.05, 0.1) is 26.6 Å².